The molecule has 0 heterocycles. The summed E-state index contributed by atoms with van der Waals surface area (Å²) in [5, 5.41) is 0. The van der Waals surface area contributed by atoms with E-state index in [0.29, 0.717) is 5.56 Å². The molecule has 6 heteroatoms. The molecule has 16 heavy (non-hydrogen) atoms. The fourth-order valence-electron chi connectivity index (χ4n) is 1.16. The second-order valence-electron chi connectivity index (χ2n) is 3.17. The summed E-state index contributed by atoms with van der Waals surface area (Å²) in [6, 6.07) is 6.54. The molecule has 1 N–H and O–H groups in total. The molecule has 0 saturated heterocycles. The first kappa shape index (κ1) is 12.7. The van der Waals surface area contributed by atoms with Crippen molar-refractivity contribution in [3.05, 3.63) is 29.8 Å². The van der Waals surface area contributed by atoms with Crippen LogP contribution in [0.4, 0.5) is 0 Å². The van der Waals surface area contributed by atoms with Crippen LogP contribution in [0.25, 0.3) is 0 Å². The monoisotopic (exact) mass is 243 g/mol. The van der Waals surface area contributed by atoms with E-state index < -0.39 is 16.0 Å². The summed E-state index contributed by atoms with van der Waals surface area (Å²) < 4.78 is 30.0. The van der Waals surface area contributed by atoms with Gasteiger partial charge in [0.25, 0.3) is 0 Å². The second-order valence-corrected chi connectivity index (χ2v) is 4.90. The number of sulfonamides is 1. The number of carbonyl (C=O) groups is 1. The van der Waals surface area contributed by atoms with Gasteiger partial charge in [-0.1, -0.05) is 18.2 Å². The molecule has 1 aromatic carbocycles. The van der Waals surface area contributed by atoms with Crippen molar-refractivity contribution in [1.29, 1.82) is 0 Å². The van der Waals surface area contributed by atoms with Crippen molar-refractivity contribution in [3.8, 4) is 0 Å². The summed E-state index contributed by atoms with van der Waals surface area (Å²) in [7, 11) is -2.45. The highest BCUT2D eigenvalue weighted by atomic mass is 32.2. The number of carbonyl (C=O) groups excluding carboxylic acids is 1. The Balaban J connectivity index is 2.87. The predicted octanol–water partition coefficient (Wildman–Crippen LogP) is 0.446. The summed E-state index contributed by atoms with van der Waals surface area (Å²) in [5.74, 6) is -0.628. The molecule has 0 fully saturated rings. The zero-order valence-electron chi connectivity index (χ0n) is 9.06. The Morgan fingerprint density at radius 2 is 2.00 bits per heavy atom. The van der Waals surface area contributed by atoms with Gasteiger partial charge in [-0.3, -0.25) is 4.79 Å². The van der Waals surface area contributed by atoms with Crippen LogP contribution in [-0.2, 0) is 19.6 Å². The third kappa shape index (κ3) is 3.04. The zero-order valence-corrected chi connectivity index (χ0v) is 9.87. The maximum Gasteiger partial charge on any atom is 0.320 e. The number of benzene rings is 1. The van der Waals surface area contributed by atoms with Gasteiger partial charge in [0.15, 0.2) is 0 Å². The molecule has 1 rings (SSSR count). The number of nitrogens with one attached hydrogen (secondary N) is 1. The minimum atomic E-state index is -3.65. The standard InChI is InChI=1S/C10H13NO4S/c1-8-5-3-4-6-9(8)16(13,14)11-7-10(12)15-2/h3-6,11H,7H2,1-2H3. The molecular weight excluding hydrogens is 230 g/mol. The largest absolute Gasteiger partial charge is 0.468 e. The van der Waals surface area contributed by atoms with Crippen molar-refractivity contribution >= 4 is 16.0 Å². The molecule has 1 aromatic rings. The Morgan fingerprint density at radius 1 is 1.38 bits per heavy atom. The van der Waals surface area contributed by atoms with E-state index >= 15 is 0 Å². The summed E-state index contributed by atoms with van der Waals surface area (Å²) in [5.41, 5.74) is 0.625. The Kier molecular flexibility index (Phi) is 4.03. The van der Waals surface area contributed by atoms with Crippen molar-refractivity contribution < 1.29 is 17.9 Å². The molecule has 0 bridgehead atoms. The van der Waals surface area contributed by atoms with E-state index in [0.717, 1.165) is 0 Å². The van der Waals surface area contributed by atoms with Gasteiger partial charge >= 0.3 is 5.97 Å². The summed E-state index contributed by atoms with van der Waals surface area (Å²) >= 11 is 0. The number of aryl methyl sites for hydroxylation is 1. The van der Waals surface area contributed by atoms with Crippen molar-refractivity contribution in [2.24, 2.45) is 0 Å². The molecule has 0 aromatic heterocycles. The van der Waals surface area contributed by atoms with E-state index in [4.69, 9.17) is 0 Å². The van der Waals surface area contributed by atoms with Gasteiger partial charge in [-0.25, -0.2) is 8.42 Å². The lowest BCUT2D eigenvalue weighted by atomic mass is 10.2. The van der Waals surface area contributed by atoms with E-state index in [9.17, 15) is 13.2 Å². The number of methoxy groups -OCH3 is 1. The fourth-order valence-corrected chi connectivity index (χ4v) is 2.37. The van der Waals surface area contributed by atoms with Crippen LogP contribution in [-0.4, -0.2) is 28.0 Å². The molecule has 5 nitrogen and oxygen atoms in total. The summed E-state index contributed by atoms with van der Waals surface area (Å²) in [6.07, 6.45) is 0. The highest BCUT2D eigenvalue weighted by Gasteiger charge is 2.17. The van der Waals surface area contributed by atoms with Gasteiger partial charge < -0.3 is 4.74 Å². The van der Waals surface area contributed by atoms with Crippen LogP contribution in [0.5, 0.6) is 0 Å². The van der Waals surface area contributed by atoms with Crippen molar-refractivity contribution in [2.45, 2.75) is 11.8 Å². The van der Waals surface area contributed by atoms with Crippen LogP contribution in [0, 0.1) is 6.92 Å². The Labute approximate surface area is 94.5 Å². The highest BCUT2D eigenvalue weighted by Crippen LogP contribution is 2.13. The number of hydrogen-bond donors (Lipinski definition) is 1. The quantitative estimate of drug-likeness (QED) is 0.779. The smallest absolute Gasteiger partial charge is 0.320 e. The molecular formula is C10H13NO4S. The van der Waals surface area contributed by atoms with Gasteiger partial charge in [0.2, 0.25) is 10.0 Å². The third-order valence-corrected chi connectivity index (χ3v) is 3.58. The van der Waals surface area contributed by atoms with E-state index in [-0.39, 0.29) is 11.4 Å². The minimum Gasteiger partial charge on any atom is -0.468 e. The van der Waals surface area contributed by atoms with Crippen molar-refractivity contribution in [3.63, 3.8) is 0 Å². The number of rotatable bonds is 4. The molecule has 0 atom stereocenters. The molecule has 0 amide bonds. The van der Waals surface area contributed by atoms with E-state index in [1.54, 1.807) is 25.1 Å². The van der Waals surface area contributed by atoms with Crippen LogP contribution in [0.1, 0.15) is 5.56 Å². The number of hydrogen-bond acceptors (Lipinski definition) is 4. The maximum atomic E-state index is 11.8. The summed E-state index contributed by atoms with van der Waals surface area (Å²) in [6.45, 7) is 1.32. The third-order valence-electron chi connectivity index (χ3n) is 2.02. The molecule has 88 valence electrons. The second kappa shape index (κ2) is 5.09. The fraction of sp³-hybridized carbons (Fsp3) is 0.300. The van der Waals surface area contributed by atoms with Crippen LogP contribution >= 0.6 is 0 Å². The van der Waals surface area contributed by atoms with Gasteiger partial charge in [0.1, 0.15) is 6.54 Å². The molecule has 0 spiro atoms. The molecule has 0 aliphatic heterocycles. The average molecular weight is 243 g/mol. The highest BCUT2D eigenvalue weighted by molar-refractivity contribution is 7.89. The molecule has 0 aliphatic rings. The van der Waals surface area contributed by atoms with Crippen LogP contribution < -0.4 is 4.72 Å². The first-order chi connectivity index (χ1) is 7.47. The van der Waals surface area contributed by atoms with Crippen LogP contribution in [0.3, 0.4) is 0 Å². The molecule has 0 saturated carbocycles. The van der Waals surface area contributed by atoms with Crippen LogP contribution in [0.15, 0.2) is 29.2 Å². The number of ether oxygens (including phenoxy) is 1. The van der Waals surface area contributed by atoms with Crippen molar-refractivity contribution in [1.82, 2.24) is 4.72 Å². The van der Waals surface area contributed by atoms with E-state index in [1.165, 1.54) is 13.2 Å². The topological polar surface area (TPSA) is 72.5 Å². The lowest BCUT2D eigenvalue weighted by Gasteiger charge is -2.07. The average Bonchev–Trinajstić information content (AvgIpc) is 2.26. The Morgan fingerprint density at radius 3 is 2.56 bits per heavy atom. The normalized spacial score (nSPS) is 11.1. The minimum absolute atomic E-state index is 0.166. The van der Waals surface area contributed by atoms with E-state index in [2.05, 4.69) is 9.46 Å². The SMILES string of the molecule is COC(=O)CNS(=O)(=O)c1ccccc1C. The molecule has 0 unspecified atom stereocenters. The molecule has 0 radical (unpaired) electrons. The number of esters is 1. The maximum absolute atomic E-state index is 11.8. The van der Waals surface area contributed by atoms with Crippen molar-refractivity contribution in [2.75, 3.05) is 13.7 Å². The molecule has 0 aliphatic carbocycles. The van der Waals surface area contributed by atoms with Gasteiger partial charge in [0.05, 0.1) is 12.0 Å². The van der Waals surface area contributed by atoms with Gasteiger partial charge in [-0.15, -0.1) is 0 Å². The van der Waals surface area contributed by atoms with Gasteiger partial charge in [-0.2, -0.15) is 4.72 Å². The zero-order chi connectivity index (χ0) is 12.2. The van der Waals surface area contributed by atoms with Gasteiger partial charge in [-0.05, 0) is 18.6 Å². The predicted molar refractivity (Wildman–Crippen MR) is 58.4 cm³/mol. The lowest BCUT2D eigenvalue weighted by Crippen LogP contribution is -2.30. The Hall–Kier alpha value is -1.40. The summed E-state index contributed by atoms with van der Waals surface area (Å²) in [4.78, 5) is 11.0. The van der Waals surface area contributed by atoms with Crippen LogP contribution in [0.2, 0.25) is 0 Å². The lowest BCUT2D eigenvalue weighted by molar-refractivity contribution is -0.139. The Bertz CT molecular complexity index is 481. The first-order valence-electron chi connectivity index (χ1n) is 4.59. The van der Waals surface area contributed by atoms with Gasteiger partial charge in [0, 0.05) is 0 Å². The van der Waals surface area contributed by atoms with E-state index in [1.807, 2.05) is 0 Å². The first-order valence-corrected chi connectivity index (χ1v) is 6.08.